The van der Waals surface area contributed by atoms with Gasteiger partial charge in [0.2, 0.25) is 0 Å². The lowest BCUT2D eigenvalue weighted by atomic mass is 9.77. The van der Waals surface area contributed by atoms with Crippen LogP contribution in [0.1, 0.15) is 61.7 Å². The molecule has 0 amide bonds. The molecule has 1 heterocycles. The van der Waals surface area contributed by atoms with Crippen LogP contribution in [-0.2, 0) is 0 Å². The van der Waals surface area contributed by atoms with Gasteiger partial charge < -0.3 is 4.90 Å². The predicted octanol–water partition coefficient (Wildman–Crippen LogP) is 4.44. The van der Waals surface area contributed by atoms with Crippen LogP contribution in [0.25, 0.3) is 0 Å². The Morgan fingerprint density at radius 1 is 1.05 bits per heavy atom. The Hall–Kier alpha value is -1.22. The first-order chi connectivity index (χ1) is 10.7. The summed E-state index contributed by atoms with van der Waals surface area (Å²) < 4.78 is 12.9. The van der Waals surface area contributed by atoms with Crippen molar-refractivity contribution in [2.24, 2.45) is 5.41 Å². The highest BCUT2D eigenvalue weighted by Gasteiger charge is 2.36. The van der Waals surface area contributed by atoms with Crippen LogP contribution in [0.15, 0.2) is 24.3 Å². The second-order valence-corrected chi connectivity index (χ2v) is 7.08. The number of rotatable bonds is 5. The third kappa shape index (κ3) is 3.75. The highest BCUT2D eigenvalue weighted by molar-refractivity contribution is 5.95. The maximum Gasteiger partial charge on any atom is 0.162 e. The molecule has 1 aromatic rings. The van der Waals surface area contributed by atoms with E-state index in [4.69, 9.17) is 0 Å². The number of benzene rings is 1. The molecule has 3 heteroatoms. The summed E-state index contributed by atoms with van der Waals surface area (Å²) in [6.45, 7) is 3.42. The van der Waals surface area contributed by atoms with Crippen LogP contribution in [-0.4, -0.2) is 30.3 Å². The molecular weight excluding hydrogens is 277 g/mol. The van der Waals surface area contributed by atoms with Gasteiger partial charge in [-0.2, -0.15) is 0 Å². The lowest BCUT2D eigenvalue weighted by Gasteiger charge is -2.39. The maximum atomic E-state index is 12.9. The number of piperidine rings is 1. The summed E-state index contributed by atoms with van der Waals surface area (Å²) >= 11 is 0. The Labute approximate surface area is 132 Å². The number of carbonyl (C=O) groups excluding carboxylic acids is 1. The molecule has 22 heavy (non-hydrogen) atoms. The van der Waals surface area contributed by atoms with Gasteiger partial charge in [-0.15, -0.1) is 0 Å². The second-order valence-electron chi connectivity index (χ2n) is 7.08. The third-order valence-corrected chi connectivity index (χ3v) is 5.63. The van der Waals surface area contributed by atoms with Crippen molar-refractivity contribution in [3.63, 3.8) is 0 Å². The maximum absolute atomic E-state index is 12.9. The molecule has 0 atom stereocenters. The van der Waals surface area contributed by atoms with E-state index in [1.807, 2.05) is 0 Å². The average molecular weight is 303 g/mol. The first kappa shape index (κ1) is 15.7. The monoisotopic (exact) mass is 303 g/mol. The lowest BCUT2D eigenvalue weighted by Crippen LogP contribution is -2.39. The van der Waals surface area contributed by atoms with Crippen molar-refractivity contribution < 1.29 is 9.18 Å². The van der Waals surface area contributed by atoms with Crippen molar-refractivity contribution in [1.82, 2.24) is 4.90 Å². The van der Waals surface area contributed by atoms with E-state index < -0.39 is 0 Å². The Morgan fingerprint density at radius 2 is 1.68 bits per heavy atom. The van der Waals surface area contributed by atoms with E-state index in [-0.39, 0.29) is 11.6 Å². The highest BCUT2D eigenvalue weighted by Crippen LogP contribution is 2.46. The number of hydrogen-bond acceptors (Lipinski definition) is 2. The molecule has 2 aliphatic rings. The fourth-order valence-corrected chi connectivity index (χ4v) is 4.12. The molecule has 0 aromatic heterocycles. The number of ketones is 1. The second kappa shape index (κ2) is 6.91. The fourth-order valence-electron chi connectivity index (χ4n) is 4.12. The zero-order chi connectivity index (χ0) is 15.4. The molecule has 0 bridgehead atoms. The smallest absolute Gasteiger partial charge is 0.162 e. The quantitative estimate of drug-likeness (QED) is 0.749. The van der Waals surface area contributed by atoms with E-state index in [0.717, 1.165) is 13.0 Å². The minimum Gasteiger partial charge on any atom is -0.303 e. The van der Waals surface area contributed by atoms with Crippen molar-refractivity contribution in [3.8, 4) is 0 Å². The number of halogens is 1. The van der Waals surface area contributed by atoms with Crippen LogP contribution in [0.5, 0.6) is 0 Å². The molecule has 0 radical (unpaired) electrons. The Kier molecular flexibility index (Phi) is 4.92. The zero-order valence-electron chi connectivity index (χ0n) is 13.3. The minimum absolute atomic E-state index is 0.129. The molecule has 0 N–H and O–H groups in total. The number of carbonyl (C=O) groups is 1. The van der Waals surface area contributed by atoms with E-state index in [2.05, 4.69) is 4.90 Å². The van der Waals surface area contributed by atoms with Gasteiger partial charge in [-0.05, 0) is 81.4 Å². The van der Waals surface area contributed by atoms with Gasteiger partial charge in [0.15, 0.2) is 5.78 Å². The van der Waals surface area contributed by atoms with Crippen LogP contribution < -0.4 is 0 Å². The van der Waals surface area contributed by atoms with Gasteiger partial charge in [0, 0.05) is 12.0 Å². The van der Waals surface area contributed by atoms with Crippen LogP contribution >= 0.6 is 0 Å². The van der Waals surface area contributed by atoms with Crippen molar-refractivity contribution >= 4 is 5.78 Å². The fraction of sp³-hybridized carbons (Fsp3) is 0.632. The van der Waals surface area contributed by atoms with E-state index in [1.54, 1.807) is 12.1 Å². The third-order valence-electron chi connectivity index (χ3n) is 5.63. The van der Waals surface area contributed by atoms with Crippen molar-refractivity contribution in [2.75, 3.05) is 19.6 Å². The normalized spacial score (nSPS) is 21.3. The number of likely N-dealkylation sites (tertiary alicyclic amines) is 1. The number of nitrogens with zero attached hydrogens (tertiary/aromatic N) is 1. The highest BCUT2D eigenvalue weighted by atomic mass is 19.1. The zero-order valence-corrected chi connectivity index (χ0v) is 13.3. The molecule has 1 saturated heterocycles. The minimum atomic E-state index is -0.286. The van der Waals surface area contributed by atoms with Crippen molar-refractivity contribution in [3.05, 3.63) is 35.6 Å². The first-order valence-electron chi connectivity index (χ1n) is 8.68. The molecule has 1 aromatic carbocycles. The predicted molar refractivity (Wildman–Crippen MR) is 86.5 cm³/mol. The van der Waals surface area contributed by atoms with Crippen LogP contribution in [0.3, 0.4) is 0 Å². The molecule has 2 fully saturated rings. The summed E-state index contributed by atoms with van der Waals surface area (Å²) in [6, 6.07) is 5.89. The molecule has 0 unspecified atom stereocenters. The standard InChI is InChI=1S/C19H26FNO/c20-17-7-5-16(6-8-17)18(22)4-3-13-21-14-11-19(12-15-21)9-1-2-10-19/h5-8H,1-4,9-15H2. The molecule has 1 spiro atoms. The molecular formula is C19H26FNO. The summed E-state index contributed by atoms with van der Waals surface area (Å²) in [4.78, 5) is 14.6. The summed E-state index contributed by atoms with van der Waals surface area (Å²) in [5, 5.41) is 0. The summed E-state index contributed by atoms with van der Waals surface area (Å²) in [7, 11) is 0. The summed E-state index contributed by atoms with van der Waals surface area (Å²) in [5.74, 6) is -0.157. The van der Waals surface area contributed by atoms with E-state index in [1.165, 1.54) is 63.7 Å². The summed E-state index contributed by atoms with van der Waals surface area (Å²) in [6.07, 6.45) is 9.88. The molecule has 1 saturated carbocycles. The van der Waals surface area contributed by atoms with Gasteiger partial charge in [0.25, 0.3) is 0 Å². The van der Waals surface area contributed by atoms with Crippen LogP contribution in [0, 0.1) is 11.2 Å². The SMILES string of the molecule is O=C(CCCN1CCC2(CCCC2)CC1)c1ccc(F)cc1. The van der Waals surface area contributed by atoms with Crippen LogP contribution in [0.2, 0.25) is 0 Å². The van der Waals surface area contributed by atoms with Gasteiger partial charge in [-0.25, -0.2) is 4.39 Å². The van der Waals surface area contributed by atoms with Gasteiger partial charge in [-0.1, -0.05) is 12.8 Å². The molecule has 3 rings (SSSR count). The Bertz CT molecular complexity index is 495. The largest absolute Gasteiger partial charge is 0.303 e. The van der Waals surface area contributed by atoms with Gasteiger partial charge in [0.05, 0.1) is 0 Å². The Balaban J connectivity index is 1.38. The van der Waals surface area contributed by atoms with E-state index in [0.29, 0.717) is 17.4 Å². The number of Topliss-reactive ketones (excluding diaryl/α,β-unsaturated/α-hetero) is 1. The number of hydrogen-bond donors (Lipinski definition) is 0. The summed E-state index contributed by atoms with van der Waals surface area (Å²) in [5.41, 5.74) is 1.30. The van der Waals surface area contributed by atoms with Gasteiger partial charge in [-0.3, -0.25) is 4.79 Å². The lowest BCUT2D eigenvalue weighted by molar-refractivity contribution is 0.0936. The molecule has 2 nitrogen and oxygen atoms in total. The molecule has 120 valence electrons. The first-order valence-corrected chi connectivity index (χ1v) is 8.68. The van der Waals surface area contributed by atoms with Crippen molar-refractivity contribution in [1.29, 1.82) is 0 Å². The molecule has 1 aliphatic carbocycles. The Morgan fingerprint density at radius 3 is 2.32 bits per heavy atom. The van der Waals surface area contributed by atoms with Crippen LogP contribution in [0.4, 0.5) is 4.39 Å². The van der Waals surface area contributed by atoms with Gasteiger partial charge in [0.1, 0.15) is 5.82 Å². The molecule has 1 aliphatic heterocycles. The topological polar surface area (TPSA) is 20.3 Å². The average Bonchev–Trinajstić information content (AvgIpc) is 2.98. The van der Waals surface area contributed by atoms with E-state index >= 15 is 0 Å². The van der Waals surface area contributed by atoms with E-state index in [9.17, 15) is 9.18 Å². The van der Waals surface area contributed by atoms with Crippen molar-refractivity contribution in [2.45, 2.75) is 51.4 Å². The van der Waals surface area contributed by atoms with Gasteiger partial charge >= 0.3 is 0 Å².